The van der Waals surface area contributed by atoms with Gasteiger partial charge in [0.1, 0.15) is 10.5 Å². The average molecular weight is 674 g/mol. The first-order valence-corrected chi connectivity index (χ1v) is 17.7. The number of nitrogens with zero attached hydrogens (tertiary/aromatic N) is 5. The van der Waals surface area contributed by atoms with Crippen LogP contribution in [0.3, 0.4) is 0 Å². The van der Waals surface area contributed by atoms with Crippen molar-refractivity contribution in [1.29, 1.82) is 0 Å². The Kier molecular flexibility index (Phi) is 9.46. The van der Waals surface area contributed by atoms with E-state index in [0.29, 0.717) is 22.4 Å². The molecule has 5 aromatic rings. The number of aryl methyl sites for hydroxylation is 2. The van der Waals surface area contributed by atoms with Crippen molar-refractivity contribution in [2.24, 2.45) is 13.0 Å². The molecule has 3 aromatic heterocycles. The molecule has 0 amide bonds. The number of carboxylic acid groups (broad SMARTS) is 1. The van der Waals surface area contributed by atoms with E-state index in [1.165, 1.54) is 17.8 Å². The number of carboxylic acids is 1. The Morgan fingerprint density at radius 1 is 1.11 bits per heavy atom. The van der Waals surface area contributed by atoms with E-state index < -0.39 is 17.7 Å². The normalized spacial score (nSPS) is 15.7. The molecule has 1 aliphatic heterocycles. The molecule has 1 atom stereocenters. The molecular formula is C37H44ClN5O3S. The first-order valence-electron chi connectivity index (χ1n) is 16.5. The van der Waals surface area contributed by atoms with E-state index in [2.05, 4.69) is 24.8 Å². The Labute approximate surface area is 285 Å². The summed E-state index contributed by atoms with van der Waals surface area (Å²) in [6, 6.07) is 13.6. The van der Waals surface area contributed by atoms with Crippen LogP contribution in [0.25, 0.3) is 43.1 Å². The highest BCUT2D eigenvalue weighted by molar-refractivity contribution is 7.22. The minimum Gasteiger partial charge on any atom is -0.479 e. The smallest absolute Gasteiger partial charge is 0.337 e. The number of fused-ring (bicyclic) bond motifs is 2. The lowest BCUT2D eigenvalue weighted by Crippen LogP contribution is -2.34. The SMILES string of the molecule is Cc1cc2nc(-c3ccc4c(n3)c(C3CCN(CCC(C)C)CC3)nn4C)sc2c(-c2ccc(Cl)cc2)c1[C@H](OC(C)(C)C)C(=O)O. The molecule has 1 aliphatic rings. The van der Waals surface area contributed by atoms with E-state index in [0.717, 1.165) is 86.8 Å². The van der Waals surface area contributed by atoms with Crippen LogP contribution in [0.15, 0.2) is 42.5 Å². The molecule has 4 heterocycles. The van der Waals surface area contributed by atoms with Gasteiger partial charge in [0, 0.05) is 29.1 Å². The monoisotopic (exact) mass is 673 g/mol. The first kappa shape index (κ1) is 33.5. The van der Waals surface area contributed by atoms with Crippen molar-refractivity contribution in [2.45, 2.75) is 78.4 Å². The maximum atomic E-state index is 12.7. The Bertz CT molecular complexity index is 1920. The Hall–Kier alpha value is -3.37. The quantitative estimate of drug-likeness (QED) is 0.167. The van der Waals surface area contributed by atoms with Crippen molar-refractivity contribution in [1.82, 2.24) is 24.6 Å². The number of halogens is 1. The predicted molar refractivity (Wildman–Crippen MR) is 191 cm³/mol. The molecule has 2 aromatic carbocycles. The lowest BCUT2D eigenvalue weighted by Gasteiger charge is -2.31. The largest absolute Gasteiger partial charge is 0.479 e. The van der Waals surface area contributed by atoms with Gasteiger partial charge in [-0.1, -0.05) is 37.6 Å². The molecule has 0 spiro atoms. The van der Waals surface area contributed by atoms with E-state index in [-0.39, 0.29) is 0 Å². The van der Waals surface area contributed by atoms with Crippen molar-refractivity contribution >= 4 is 50.2 Å². The summed E-state index contributed by atoms with van der Waals surface area (Å²) in [6.45, 7) is 15.4. The minimum absolute atomic E-state index is 0.365. The number of aromatic nitrogens is 4. The van der Waals surface area contributed by atoms with Crippen molar-refractivity contribution in [3.63, 3.8) is 0 Å². The standard InChI is InChI=1S/C37H44ClN5O3S/c1-21(2)14-17-43-18-15-24(16-19-43)31-32-28(42(7)41-31)13-12-26(39-32)35-40-27-20-22(3)29(33(36(44)45)46-37(4,5)6)30(34(27)47-35)23-8-10-25(38)11-9-23/h8-13,20-21,24,33H,14-19H2,1-7H3,(H,44,45)/t33-/m0/s1. The number of likely N-dealkylation sites (tertiary alicyclic amines) is 1. The van der Waals surface area contributed by atoms with Gasteiger partial charge in [-0.25, -0.2) is 14.8 Å². The van der Waals surface area contributed by atoms with Crippen LogP contribution in [0.1, 0.15) is 82.7 Å². The molecule has 0 radical (unpaired) electrons. The highest BCUT2D eigenvalue weighted by Gasteiger charge is 2.33. The van der Waals surface area contributed by atoms with Crippen LogP contribution in [0.5, 0.6) is 0 Å². The maximum Gasteiger partial charge on any atom is 0.337 e. The van der Waals surface area contributed by atoms with Crippen molar-refractivity contribution < 1.29 is 14.6 Å². The van der Waals surface area contributed by atoms with E-state index in [1.54, 1.807) is 0 Å². The van der Waals surface area contributed by atoms with Gasteiger partial charge >= 0.3 is 5.97 Å². The predicted octanol–water partition coefficient (Wildman–Crippen LogP) is 9.04. The summed E-state index contributed by atoms with van der Waals surface area (Å²) in [6.07, 6.45) is 2.21. The third-order valence-electron chi connectivity index (χ3n) is 8.96. The molecule has 1 fully saturated rings. The fraction of sp³-hybridized carbons (Fsp3) is 0.459. The van der Waals surface area contributed by atoms with Crippen LogP contribution in [-0.4, -0.2) is 61.0 Å². The number of aliphatic carboxylic acids is 1. The van der Waals surface area contributed by atoms with E-state index in [1.807, 2.05) is 75.8 Å². The van der Waals surface area contributed by atoms with E-state index in [9.17, 15) is 9.90 Å². The lowest BCUT2D eigenvalue weighted by molar-refractivity contribution is -0.160. The van der Waals surface area contributed by atoms with E-state index in [4.69, 9.17) is 31.4 Å². The molecule has 6 rings (SSSR count). The van der Waals surface area contributed by atoms with Gasteiger partial charge in [0.05, 0.1) is 32.7 Å². The molecule has 0 unspecified atom stereocenters. The number of piperidine rings is 1. The fourth-order valence-electron chi connectivity index (χ4n) is 6.58. The van der Waals surface area contributed by atoms with Crippen LogP contribution in [0.4, 0.5) is 0 Å². The topological polar surface area (TPSA) is 93.4 Å². The number of carbonyl (C=O) groups is 1. The summed E-state index contributed by atoms with van der Waals surface area (Å²) in [5.74, 6) is 0.0414. The molecule has 0 bridgehead atoms. The lowest BCUT2D eigenvalue weighted by atomic mass is 9.91. The highest BCUT2D eigenvalue weighted by atomic mass is 35.5. The number of hydrogen-bond donors (Lipinski definition) is 1. The van der Waals surface area contributed by atoms with Crippen molar-refractivity contribution in [2.75, 3.05) is 19.6 Å². The fourth-order valence-corrected chi connectivity index (χ4v) is 7.80. The van der Waals surface area contributed by atoms with Gasteiger partial charge in [-0.2, -0.15) is 5.10 Å². The summed E-state index contributed by atoms with van der Waals surface area (Å²) in [5, 5.41) is 16.8. The summed E-state index contributed by atoms with van der Waals surface area (Å²) in [4.78, 5) is 25.6. The third-order valence-corrected chi connectivity index (χ3v) is 10.3. The molecule has 8 nitrogen and oxygen atoms in total. The van der Waals surface area contributed by atoms with Crippen LogP contribution in [0.2, 0.25) is 5.02 Å². The van der Waals surface area contributed by atoms with Gasteiger partial charge in [-0.15, -0.1) is 11.3 Å². The van der Waals surface area contributed by atoms with Crippen LogP contribution >= 0.6 is 22.9 Å². The zero-order chi connectivity index (χ0) is 33.6. The van der Waals surface area contributed by atoms with Crippen LogP contribution < -0.4 is 0 Å². The molecule has 1 N–H and O–H groups in total. The Balaban J connectivity index is 1.44. The second-order valence-corrected chi connectivity index (χ2v) is 15.6. The number of benzene rings is 2. The summed E-state index contributed by atoms with van der Waals surface area (Å²) < 4.78 is 9.01. The van der Waals surface area contributed by atoms with Gasteiger partial charge in [0.2, 0.25) is 0 Å². The van der Waals surface area contributed by atoms with Gasteiger partial charge in [-0.3, -0.25) is 4.68 Å². The van der Waals surface area contributed by atoms with Crippen LogP contribution in [0, 0.1) is 12.8 Å². The second kappa shape index (κ2) is 13.3. The van der Waals surface area contributed by atoms with Gasteiger partial charge in [0.25, 0.3) is 0 Å². The van der Waals surface area contributed by atoms with Gasteiger partial charge < -0.3 is 14.7 Å². The summed E-state index contributed by atoms with van der Waals surface area (Å²) >= 11 is 7.80. The van der Waals surface area contributed by atoms with Crippen LogP contribution in [-0.2, 0) is 16.6 Å². The average Bonchev–Trinajstić information content (AvgIpc) is 3.59. The molecule has 0 aliphatic carbocycles. The minimum atomic E-state index is -1.17. The van der Waals surface area contributed by atoms with Gasteiger partial charge in [-0.05, 0) is 114 Å². The zero-order valence-corrected chi connectivity index (χ0v) is 29.9. The van der Waals surface area contributed by atoms with Crippen molar-refractivity contribution in [3.8, 4) is 21.8 Å². The highest BCUT2D eigenvalue weighted by Crippen LogP contribution is 2.44. The molecule has 47 heavy (non-hydrogen) atoms. The van der Waals surface area contributed by atoms with Crippen molar-refractivity contribution in [3.05, 3.63) is 64.3 Å². The molecule has 0 saturated carbocycles. The summed E-state index contributed by atoms with van der Waals surface area (Å²) in [7, 11) is 1.99. The molecule has 1 saturated heterocycles. The number of pyridine rings is 1. The second-order valence-electron chi connectivity index (χ2n) is 14.2. The van der Waals surface area contributed by atoms with Gasteiger partial charge in [0.15, 0.2) is 6.10 Å². The number of ether oxygens (including phenoxy) is 1. The molecule has 248 valence electrons. The first-order chi connectivity index (χ1) is 22.3. The summed E-state index contributed by atoms with van der Waals surface area (Å²) in [5.41, 5.74) is 6.98. The number of hydrogen-bond acceptors (Lipinski definition) is 7. The number of thiazole rings is 1. The third kappa shape index (κ3) is 7.09. The van der Waals surface area contributed by atoms with E-state index >= 15 is 0 Å². The number of rotatable bonds is 9. The Morgan fingerprint density at radius 3 is 2.45 bits per heavy atom. The Morgan fingerprint density at radius 2 is 1.81 bits per heavy atom. The zero-order valence-electron chi connectivity index (χ0n) is 28.3. The molecular weight excluding hydrogens is 630 g/mol. The maximum absolute atomic E-state index is 12.7. The molecule has 10 heteroatoms.